The quantitative estimate of drug-likeness (QED) is 0.411. The summed E-state index contributed by atoms with van der Waals surface area (Å²) >= 11 is 0. The lowest BCUT2D eigenvalue weighted by atomic mass is 9.87. The van der Waals surface area contributed by atoms with Crippen LogP contribution in [0.5, 0.6) is 0 Å². The molecule has 4 N–H and O–H groups in total. The van der Waals surface area contributed by atoms with Gasteiger partial charge in [-0.3, -0.25) is 4.99 Å². The molecule has 0 fully saturated rings. The first kappa shape index (κ1) is 13.9. The van der Waals surface area contributed by atoms with Gasteiger partial charge in [-0.05, 0) is 12.8 Å². The van der Waals surface area contributed by atoms with E-state index in [0.717, 1.165) is 5.57 Å². The van der Waals surface area contributed by atoms with Crippen LogP contribution in [-0.2, 0) is 0 Å². The predicted octanol–water partition coefficient (Wildman–Crippen LogP) is 1.71. The number of aliphatic imine (C=N–C) groups is 1. The second-order valence-electron chi connectivity index (χ2n) is 4.20. The van der Waals surface area contributed by atoms with Crippen molar-refractivity contribution in [1.82, 2.24) is 0 Å². The van der Waals surface area contributed by atoms with E-state index in [1.807, 2.05) is 19.1 Å². The van der Waals surface area contributed by atoms with Crippen LogP contribution in [0.3, 0.4) is 0 Å². The first-order chi connectivity index (χ1) is 6.90. The third-order valence-corrected chi connectivity index (χ3v) is 2.34. The molecule has 0 radical (unpaired) electrons. The largest absolute Gasteiger partial charge is 0.387 e. The first-order valence-electron chi connectivity index (χ1n) is 5.21. The maximum absolute atomic E-state index is 6.05. The fourth-order valence-corrected chi connectivity index (χ4v) is 1.53. The second-order valence-corrected chi connectivity index (χ2v) is 4.20. The lowest BCUT2D eigenvalue weighted by molar-refractivity contribution is 0.450. The van der Waals surface area contributed by atoms with E-state index in [-0.39, 0.29) is 12.0 Å². The lowest BCUT2D eigenvalue weighted by Gasteiger charge is -2.24. The van der Waals surface area contributed by atoms with Gasteiger partial charge in [0.05, 0.1) is 5.84 Å². The predicted molar refractivity (Wildman–Crippen MR) is 67.8 cm³/mol. The normalized spacial score (nSPS) is 17.1. The van der Waals surface area contributed by atoms with Crippen LogP contribution in [-0.4, -0.2) is 18.9 Å². The van der Waals surface area contributed by atoms with Gasteiger partial charge in [-0.15, -0.1) is 0 Å². The van der Waals surface area contributed by atoms with Crippen molar-refractivity contribution in [2.75, 3.05) is 7.05 Å². The molecular weight excluding hydrogens is 186 g/mol. The molecular formula is C12H23N3. The van der Waals surface area contributed by atoms with Crippen LogP contribution in [0.4, 0.5) is 0 Å². The highest BCUT2D eigenvalue weighted by Gasteiger charge is 2.22. The topological polar surface area (TPSA) is 64.4 Å². The molecule has 0 aromatic rings. The Hall–Kier alpha value is -1.09. The average molecular weight is 209 g/mol. The van der Waals surface area contributed by atoms with Crippen LogP contribution in [0.15, 0.2) is 29.3 Å². The highest BCUT2D eigenvalue weighted by molar-refractivity contribution is 5.83. The fraction of sp³-hybridized carbons (Fsp3) is 0.583. The molecule has 0 rings (SSSR count). The van der Waals surface area contributed by atoms with E-state index in [1.165, 1.54) is 0 Å². The van der Waals surface area contributed by atoms with Crippen LogP contribution in [0.2, 0.25) is 0 Å². The van der Waals surface area contributed by atoms with Crippen molar-refractivity contribution in [3.8, 4) is 0 Å². The van der Waals surface area contributed by atoms with Crippen molar-refractivity contribution >= 4 is 5.84 Å². The highest BCUT2D eigenvalue weighted by atomic mass is 14.9. The van der Waals surface area contributed by atoms with Gasteiger partial charge in [0.1, 0.15) is 0 Å². The summed E-state index contributed by atoms with van der Waals surface area (Å²) < 4.78 is 0. The molecule has 0 amide bonds. The van der Waals surface area contributed by atoms with Gasteiger partial charge in [0, 0.05) is 19.0 Å². The molecule has 0 aliphatic rings. The Morgan fingerprint density at radius 2 is 1.93 bits per heavy atom. The van der Waals surface area contributed by atoms with E-state index < -0.39 is 0 Å². The van der Waals surface area contributed by atoms with Gasteiger partial charge in [-0.25, -0.2) is 0 Å². The third kappa shape index (κ3) is 4.79. The lowest BCUT2D eigenvalue weighted by Crippen LogP contribution is -2.41. The number of nitrogens with zero attached hydrogens (tertiary/aromatic N) is 1. The van der Waals surface area contributed by atoms with Crippen molar-refractivity contribution in [2.45, 2.75) is 26.8 Å². The van der Waals surface area contributed by atoms with Crippen molar-refractivity contribution in [1.29, 1.82) is 0 Å². The standard InChI is InChI=1S/C12H23N3/c1-8(2)6-7-10(13)11(9(3)4)12(14)15-5/h6-7,9-11H,1,13H2,2-5H3,(H2,14,15)/b7-6-. The monoisotopic (exact) mass is 209 g/mol. The minimum Gasteiger partial charge on any atom is -0.387 e. The zero-order chi connectivity index (χ0) is 12.0. The molecule has 2 unspecified atom stereocenters. The van der Waals surface area contributed by atoms with E-state index >= 15 is 0 Å². The molecule has 0 aromatic carbocycles. The Labute approximate surface area is 92.9 Å². The minimum absolute atomic E-state index is 0.0885. The van der Waals surface area contributed by atoms with E-state index in [0.29, 0.717) is 11.8 Å². The van der Waals surface area contributed by atoms with E-state index in [1.54, 1.807) is 7.05 Å². The van der Waals surface area contributed by atoms with Crippen molar-refractivity contribution in [2.24, 2.45) is 28.3 Å². The van der Waals surface area contributed by atoms with Crippen molar-refractivity contribution in [3.63, 3.8) is 0 Å². The van der Waals surface area contributed by atoms with Gasteiger partial charge in [0.25, 0.3) is 0 Å². The summed E-state index contributed by atoms with van der Waals surface area (Å²) in [5.74, 6) is 1.08. The van der Waals surface area contributed by atoms with Crippen LogP contribution in [0, 0.1) is 11.8 Å². The summed E-state index contributed by atoms with van der Waals surface area (Å²) in [5.41, 5.74) is 12.9. The Balaban J connectivity index is 4.71. The van der Waals surface area contributed by atoms with E-state index in [9.17, 15) is 0 Å². The van der Waals surface area contributed by atoms with E-state index in [2.05, 4.69) is 25.4 Å². The van der Waals surface area contributed by atoms with Crippen LogP contribution in [0.25, 0.3) is 0 Å². The zero-order valence-electron chi connectivity index (χ0n) is 10.2. The van der Waals surface area contributed by atoms with Gasteiger partial charge in [0.15, 0.2) is 0 Å². The summed E-state index contributed by atoms with van der Waals surface area (Å²) in [7, 11) is 1.69. The molecule has 0 aliphatic heterocycles. The summed E-state index contributed by atoms with van der Waals surface area (Å²) in [6, 6.07) is -0.106. The molecule has 3 nitrogen and oxygen atoms in total. The number of nitrogens with two attached hydrogens (primary N) is 2. The molecule has 3 heteroatoms. The number of allylic oxidation sites excluding steroid dienone is 2. The van der Waals surface area contributed by atoms with Gasteiger partial charge < -0.3 is 11.5 Å². The molecule has 0 spiro atoms. The molecule has 86 valence electrons. The summed E-state index contributed by atoms with van der Waals surface area (Å²) in [6.45, 7) is 9.92. The molecule has 15 heavy (non-hydrogen) atoms. The number of hydrogen-bond acceptors (Lipinski definition) is 2. The van der Waals surface area contributed by atoms with Crippen LogP contribution in [0.1, 0.15) is 20.8 Å². The highest BCUT2D eigenvalue weighted by Crippen LogP contribution is 2.15. The Kier molecular flexibility index (Phi) is 5.94. The number of rotatable bonds is 5. The smallest absolute Gasteiger partial charge is 0.0986 e. The number of hydrogen-bond donors (Lipinski definition) is 2. The van der Waals surface area contributed by atoms with Crippen molar-refractivity contribution in [3.05, 3.63) is 24.3 Å². The van der Waals surface area contributed by atoms with Gasteiger partial charge in [0.2, 0.25) is 0 Å². The van der Waals surface area contributed by atoms with Gasteiger partial charge in [-0.2, -0.15) is 0 Å². The summed E-state index contributed by atoms with van der Waals surface area (Å²) in [6.07, 6.45) is 3.86. The average Bonchev–Trinajstić information content (AvgIpc) is 2.14. The Morgan fingerprint density at radius 1 is 1.40 bits per heavy atom. The zero-order valence-corrected chi connectivity index (χ0v) is 10.2. The van der Waals surface area contributed by atoms with Crippen LogP contribution >= 0.6 is 0 Å². The summed E-state index contributed by atoms with van der Waals surface area (Å²) in [4.78, 5) is 4.02. The van der Waals surface area contributed by atoms with Gasteiger partial charge >= 0.3 is 0 Å². The van der Waals surface area contributed by atoms with Crippen molar-refractivity contribution < 1.29 is 0 Å². The molecule has 0 aromatic heterocycles. The molecule has 0 bridgehead atoms. The Morgan fingerprint density at radius 3 is 2.27 bits per heavy atom. The third-order valence-electron chi connectivity index (χ3n) is 2.34. The van der Waals surface area contributed by atoms with Gasteiger partial charge in [-0.1, -0.05) is 38.2 Å². The SMILES string of the molecule is C=C(C)/C=C\C(N)C(C(N)=NC)C(C)C. The molecule has 0 saturated heterocycles. The molecule has 2 atom stereocenters. The maximum atomic E-state index is 6.05. The minimum atomic E-state index is -0.106. The molecule has 0 heterocycles. The van der Waals surface area contributed by atoms with E-state index in [4.69, 9.17) is 11.5 Å². The summed E-state index contributed by atoms with van der Waals surface area (Å²) in [5, 5.41) is 0. The maximum Gasteiger partial charge on any atom is 0.0986 e. The second kappa shape index (κ2) is 6.40. The first-order valence-corrected chi connectivity index (χ1v) is 5.21. The molecule has 0 saturated carbocycles. The molecule has 0 aliphatic carbocycles. The fourth-order valence-electron chi connectivity index (χ4n) is 1.53. The number of amidine groups is 1. The van der Waals surface area contributed by atoms with Crippen LogP contribution < -0.4 is 11.5 Å². The Bertz CT molecular complexity index is 264.